The fourth-order valence-electron chi connectivity index (χ4n) is 0.729. The van der Waals surface area contributed by atoms with E-state index in [1.54, 1.807) is 12.3 Å². The van der Waals surface area contributed by atoms with E-state index < -0.39 is 0 Å². The van der Waals surface area contributed by atoms with E-state index in [4.69, 9.17) is 11.6 Å². The summed E-state index contributed by atoms with van der Waals surface area (Å²) >= 11 is 5.56. The molecule has 50 valence electrons. The number of H-pyrrole nitrogens is 1. The van der Waals surface area contributed by atoms with Gasteiger partial charge in [-0.2, -0.15) is 5.10 Å². The van der Waals surface area contributed by atoms with E-state index >= 15 is 0 Å². The number of hydrogen-bond donors (Lipinski definition) is 1. The van der Waals surface area contributed by atoms with Gasteiger partial charge in [-0.1, -0.05) is 11.6 Å². The minimum absolute atomic E-state index is 0.383. The molecule has 0 saturated heterocycles. The molecule has 0 saturated carbocycles. The number of aromatic nitrogens is 4. The van der Waals surface area contributed by atoms with E-state index in [0.717, 1.165) is 5.39 Å². The van der Waals surface area contributed by atoms with Gasteiger partial charge in [0.1, 0.15) is 0 Å². The van der Waals surface area contributed by atoms with Crippen LogP contribution in [0, 0.1) is 0 Å². The van der Waals surface area contributed by atoms with Crippen LogP contribution in [0.25, 0.3) is 11.0 Å². The molecule has 10 heavy (non-hydrogen) atoms. The lowest BCUT2D eigenvalue weighted by molar-refractivity contribution is 1.02. The van der Waals surface area contributed by atoms with Crippen molar-refractivity contribution in [1.82, 2.24) is 20.4 Å². The summed E-state index contributed by atoms with van der Waals surface area (Å²) < 4.78 is 0. The number of fused-ring (bicyclic) bond motifs is 1. The summed E-state index contributed by atoms with van der Waals surface area (Å²) in [7, 11) is 0. The van der Waals surface area contributed by atoms with Gasteiger partial charge < -0.3 is 0 Å². The fraction of sp³-hybridized carbons (Fsp3) is 0. The number of rotatable bonds is 0. The first-order chi connectivity index (χ1) is 4.86. The van der Waals surface area contributed by atoms with Crippen LogP contribution >= 0.6 is 11.6 Å². The van der Waals surface area contributed by atoms with Crippen LogP contribution in [0.2, 0.25) is 5.15 Å². The first-order valence-corrected chi connectivity index (χ1v) is 3.06. The molecule has 0 spiro atoms. The Morgan fingerprint density at radius 2 is 2.30 bits per heavy atom. The molecule has 0 aromatic carbocycles. The molecule has 0 bridgehead atoms. The molecule has 2 rings (SSSR count). The Labute approximate surface area is 61.2 Å². The van der Waals surface area contributed by atoms with E-state index in [-0.39, 0.29) is 0 Å². The van der Waals surface area contributed by atoms with E-state index in [1.807, 2.05) is 0 Å². The third-order valence-electron chi connectivity index (χ3n) is 1.17. The van der Waals surface area contributed by atoms with Gasteiger partial charge in [0.15, 0.2) is 10.8 Å². The number of aromatic amines is 1. The van der Waals surface area contributed by atoms with Gasteiger partial charge in [0.25, 0.3) is 0 Å². The van der Waals surface area contributed by atoms with Crippen LogP contribution in [0.3, 0.4) is 0 Å². The molecule has 2 aromatic rings. The number of nitrogens with zero attached hydrogens (tertiary/aromatic N) is 3. The van der Waals surface area contributed by atoms with E-state index in [0.29, 0.717) is 10.8 Å². The molecule has 4 nitrogen and oxygen atoms in total. The zero-order valence-corrected chi connectivity index (χ0v) is 5.63. The Balaban J connectivity index is 2.86. The van der Waals surface area contributed by atoms with Crippen molar-refractivity contribution in [1.29, 1.82) is 0 Å². The summed E-state index contributed by atoms with van der Waals surface area (Å²) in [5.74, 6) is 0. The smallest absolute Gasteiger partial charge is 0.177 e. The Morgan fingerprint density at radius 3 is 3.20 bits per heavy atom. The van der Waals surface area contributed by atoms with Crippen LogP contribution in [0.1, 0.15) is 0 Å². The molecule has 0 aliphatic carbocycles. The molecule has 2 heterocycles. The monoisotopic (exact) mass is 154 g/mol. The van der Waals surface area contributed by atoms with Gasteiger partial charge >= 0.3 is 0 Å². The summed E-state index contributed by atoms with van der Waals surface area (Å²) in [6, 6.07) is 1.70. The molecular formula is C5H3ClN4. The highest BCUT2D eigenvalue weighted by Gasteiger charge is 1.96. The van der Waals surface area contributed by atoms with Crippen molar-refractivity contribution in [3.8, 4) is 0 Å². The first-order valence-electron chi connectivity index (χ1n) is 2.68. The predicted molar refractivity (Wildman–Crippen MR) is 36.7 cm³/mol. The predicted octanol–water partition coefficient (Wildman–Crippen LogP) is 1.01. The third kappa shape index (κ3) is 0.733. The molecule has 0 atom stereocenters. The maximum Gasteiger partial charge on any atom is 0.177 e. The zero-order valence-electron chi connectivity index (χ0n) is 4.87. The third-order valence-corrected chi connectivity index (χ3v) is 1.35. The second-order valence-corrected chi connectivity index (χ2v) is 2.23. The SMILES string of the molecule is Clc1cc2cn[nH]c2nn1. The van der Waals surface area contributed by atoms with Gasteiger partial charge in [0, 0.05) is 5.39 Å². The molecule has 2 aromatic heterocycles. The van der Waals surface area contributed by atoms with Crippen LogP contribution in [-0.2, 0) is 0 Å². The minimum atomic E-state index is 0.383. The summed E-state index contributed by atoms with van der Waals surface area (Å²) in [5.41, 5.74) is 0.657. The quantitative estimate of drug-likeness (QED) is 0.616. The van der Waals surface area contributed by atoms with Crippen LogP contribution in [-0.4, -0.2) is 20.4 Å². The summed E-state index contributed by atoms with van der Waals surface area (Å²) in [6.07, 6.45) is 1.65. The highest BCUT2D eigenvalue weighted by molar-refractivity contribution is 6.29. The largest absolute Gasteiger partial charge is 0.259 e. The van der Waals surface area contributed by atoms with Crippen LogP contribution in [0.15, 0.2) is 12.3 Å². The molecule has 0 unspecified atom stereocenters. The normalized spacial score (nSPS) is 10.5. The highest BCUT2D eigenvalue weighted by atomic mass is 35.5. The van der Waals surface area contributed by atoms with Crippen LogP contribution < -0.4 is 0 Å². The van der Waals surface area contributed by atoms with Gasteiger partial charge in [0.05, 0.1) is 6.20 Å². The number of hydrogen-bond acceptors (Lipinski definition) is 3. The van der Waals surface area contributed by atoms with Crippen molar-refractivity contribution in [2.24, 2.45) is 0 Å². The Kier molecular flexibility index (Phi) is 1.07. The fourth-order valence-corrected chi connectivity index (χ4v) is 0.885. The van der Waals surface area contributed by atoms with Crippen molar-refractivity contribution < 1.29 is 0 Å². The van der Waals surface area contributed by atoms with Crippen molar-refractivity contribution in [2.45, 2.75) is 0 Å². The van der Waals surface area contributed by atoms with Gasteiger partial charge in [-0.3, -0.25) is 5.10 Å². The Bertz CT molecular complexity index is 355. The van der Waals surface area contributed by atoms with Gasteiger partial charge in [-0.05, 0) is 6.07 Å². The lowest BCUT2D eigenvalue weighted by Crippen LogP contribution is -1.81. The van der Waals surface area contributed by atoms with Crippen molar-refractivity contribution in [2.75, 3.05) is 0 Å². The second-order valence-electron chi connectivity index (χ2n) is 1.84. The van der Waals surface area contributed by atoms with Crippen molar-refractivity contribution in [3.05, 3.63) is 17.4 Å². The Hall–Kier alpha value is -1.16. The highest BCUT2D eigenvalue weighted by Crippen LogP contribution is 2.10. The standard InChI is InChI=1S/C5H3ClN4/c6-4-1-3-2-7-9-5(3)10-8-4/h1-2H,(H,7,9,10). The average Bonchev–Trinajstić information content (AvgIpc) is 2.33. The maximum absolute atomic E-state index is 5.56. The van der Waals surface area contributed by atoms with E-state index in [2.05, 4.69) is 20.4 Å². The average molecular weight is 155 g/mol. The van der Waals surface area contributed by atoms with Crippen LogP contribution in [0.4, 0.5) is 0 Å². The van der Waals surface area contributed by atoms with E-state index in [1.165, 1.54) is 0 Å². The molecule has 0 fully saturated rings. The minimum Gasteiger partial charge on any atom is -0.259 e. The molecule has 0 amide bonds. The molecule has 5 heteroatoms. The zero-order chi connectivity index (χ0) is 6.97. The first kappa shape index (κ1) is 5.61. The summed E-state index contributed by atoms with van der Waals surface area (Å²) in [6.45, 7) is 0. The second kappa shape index (κ2) is 1.91. The van der Waals surface area contributed by atoms with Crippen LogP contribution in [0.5, 0.6) is 0 Å². The lowest BCUT2D eigenvalue weighted by atomic mass is 10.4. The van der Waals surface area contributed by atoms with Crippen molar-refractivity contribution in [3.63, 3.8) is 0 Å². The van der Waals surface area contributed by atoms with Gasteiger partial charge in [0.2, 0.25) is 0 Å². The number of halogens is 1. The summed E-state index contributed by atoms with van der Waals surface area (Å²) in [4.78, 5) is 0. The number of nitrogens with one attached hydrogen (secondary N) is 1. The maximum atomic E-state index is 5.56. The summed E-state index contributed by atoms with van der Waals surface area (Å²) in [5, 5.41) is 15.0. The van der Waals surface area contributed by atoms with Gasteiger partial charge in [-0.15, -0.1) is 10.2 Å². The van der Waals surface area contributed by atoms with Crippen molar-refractivity contribution >= 4 is 22.6 Å². The topological polar surface area (TPSA) is 54.5 Å². The molecule has 0 aliphatic heterocycles. The Morgan fingerprint density at radius 1 is 1.40 bits per heavy atom. The van der Waals surface area contributed by atoms with E-state index in [9.17, 15) is 0 Å². The van der Waals surface area contributed by atoms with Gasteiger partial charge in [-0.25, -0.2) is 0 Å². The molecule has 1 N–H and O–H groups in total. The lowest BCUT2D eigenvalue weighted by Gasteiger charge is -1.84. The molecular weight excluding hydrogens is 152 g/mol. The molecule has 0 radical (unpaired) electrons. The molecule has 0 aliphatic rings.